The molecule has 7 heteroatoms. The van der Waals surface area contributed by atoms with Gasteiger partial charge in [0.05, 0.1) is 11.9 Å². The van der Waals surface area contributed by atoms with Gasteiger partial charge in [-0.1, -0.05) is 18.2 Å². The molecule has 1 atom stereocenters. The lowest BCUT2D eigenvalue weighted by atomic mass is 10.1. The van der Waals surface area contributed by atoms with Gasteiger partial charge in [-0.15, -0.1) is 0 Å². The minimum atomic E-state index is -3.35. The molecule has 0 saturated carbocycles. The molecule has 0 fully saturated rings. The van der Waals surface area contributed by atoms with Crippen molar-refractivity contribution in [1.29, 1.82) is 0 Å². The van der Waals surface area contributed by atoms with Crippen molar-refractivity contribution in [2.45, 2.75) is 25.8 Å². The Labute approximate surface area is 152 Å². The third-order valence-corrected chi connectivity index (χ3v) is 5.76. The first kappa shape index (κ1) is 18.4. The predicted octanol–water partition coefficient (Wildman–Crippen LogP) is 2.51. The van der Waals surface area contributed by atoms with Crippen LogP contribution in [0.3, 0.4) is 0 Å². The molecule has 0 aromatic heterocycles. The van der Waals surface area contributed by atoms with Gasteiger partial charge in [0.2, 0.25) is 10.0 Å². The Morgan fingerprint density at radius 2 is 2.00 bits per heavy atom. The summed E-state index contributed by atoms with van der Waals surface area (Å²) in [5, 5.41) is 2.78. The summed E-state index contributed by atoms with van der Waals surface area (Å²) in [4.78, 5) is 12.3. The first-order valence-electron chi connectivity index (χ1n) is 8.41. The van der Waals surface area contributed by atoms with Crippen molar-refractivity contribution in [2.75, 3.05) is 17.1 Å². The van der Waals surface area contributed by atoms with Crippen LogP contribution in [0.2, 0.25) is 0 Å². The van der Waals surface area contributed by atoms with Gasteiger partial charge in [0, 0.05) is 18.2 Å². The Bertz CT molecular complexity index is 944. The van der Waals surface area contributed by atoms with E-state index in [0.717, 1.165) is 5.56 Å². The highest BCUT2D eigenvalue weighted by molar-refractivity contribution is 7.92. The second-order valence-electron chi connectivity index (χ2n) is 6.55. The molecule has 1 N–H and O–H groups in total. The third kappa shape index (κ3) is 3.72. The summed E-state index contributed by atoms with van der Waals surface area (Å²) < 4.78 is 38.9. The number of nitrogens with one attached hydrogen (secondary N) is 1. The molecular weight excluding hydrogens is 355 g/mol. The summed E-state index contributed by atoms with van der Waals surface area (Å²) >= 11 is 0. The predicted molar refractivity (Wildman–Crippen MR) is 99.4 cm³/mol. The molecule has 2 aromatic rings. The van der Waals surface area contributed by atoms with Crippen LogP contribution in [0.1, 0.15) is 28.4 Å². The average molecular weight is 376 g/mol. The number of anilines is 1. The zero-order valence-electron chi connectivity index (χ0n) is 14.7. The molecule has 1 aliphatic rings. The fourth-order valence-electron chi connectivity index (χ4n) is 3.36. The van der Waals surface area contributed by atoms with E-state index in [1.54, 1.807) is 36.4 Å². The van der Waals surface area contributed by atoms with Gasteiger partial charge >= 0.3 is 0 Å². The Morgan fingerprint density at radius 1 is 1.27 bits per heavy atom. The second kappa shape index (κ2) is 7.07. The molecule has 0 aliphatic carbocycles. The molecule has 1 amide bonds. The summed E-state index contributed by atoms with van der Waals surface area (Å²) in [6.07, 6.45) is 2.16. The van der Waals surface area contributed by atoms with Crippen LogP contribution in [0.15, 0.2) is 42.5 Å². The van der Waals surface area contributed by atoms with E-state index in [1.165, 1.54) is 16.6 Å². The quantitative estimate of drug-likeness (QED) is 0.872. The van der Waals surface area contributed by atoms with Gasteiger partial charge in [-0.05, 0) is 55.2 Å². The van der Waals surface area contributed by atoms with Crippen molar-refractivity contribution >= 4 is 21.6 Å². The monoisotopic (exact) mass is 376 g/mol. The number of sulfonamides is 1. The zero-order chi connectivity index (χ0) is 18.9. The van der Waals surface area contributed by atoms with Gasteiger partial charge in [0.1, 0.15) is 5.82 Å². The van der Waals surface area contributed by atoms with Gasteiger partial charge in [-0.25, -0.2) is 12.8 Å². The van der Waals surface area contributed by atoms with Crippen LogP contribution in [0.5, 0.6) is 0 Å². The molecule has 138 valence electrons. The zero-order valence-corrected chi connectivity index (χ0v) is 15.5. The lowest BCUT2D eigenvalue weighted by molar-refractivity contribution is 0.0954. The number of hydrogen-bond donors (Lipinski definition) is 1. The molecule has 26 heavy (non-hydrogen) atoms. The van der Waals surface area contributed by atoms with Crippen LogP contribution >= 0.6 is 0 Å². The van der Waals surface area contributed by atoms with E-state index in [0.29, 0.717) is 36.2 Å². The first-order valence-corrected chi connectivity index (χ1v) is 10.3. The second-order valence-corrected chi connectivity index (χ2v) is 8.41. The standard InChI is InChI=1S/C19H21FN2O3S/c1-13-11-16-12-15(7-8-18(16)22(13)26(2,24)25)19(23)21-10-9-14-5-3-4-6-17(14)20/h3-8,12-13H,9-11H2,1-2H3,(H,21,23). The fourth-order valence-corrected chi connectivity index (χ4v) is 4.63. The summed E-state index contributed by atoms with van der Waals surface area (Å²) in [5.74, 6) is -0.538. The average Bonchev–Trinajstić information content (AvgIpc) is 2.91. The number of fused-ring (bicyclic) bond motifs is 1. The highest BCUT2D eigenvalue weighted by atomic mass is 32.2. The van der Waals surface area contributed by atoms with E-state index < -0.39 is 10.0 Å². The number of halogens is 1. The highest BCUT2D eigenvalue weighted by Gasteiger charge is 2.32. The van der Waals surface area contributed by atoms with Gasteiger partial charge in [0.25, 0.3) is 5.91 Å². The van der Waals surface area contributed by atoms with Gasteiger partial charge in [-0.2, -0.15) is 0 Å². The van der Waals surface area contributed by atoms with Crippen molar-refractivity contribution in [3.63, 3.8) is 0 Å². The molecule has 1 unspecified atom stereocenters. The number of carbonyl (C=O) groups excluding carboxylic acids is 1. The molecule has 0 saturated heterocycles. The van der Waals surface area contributed by atoms with Crippen molar-refractivity contribution < 1.29 is 17.6 Å². The topological polar surface area (TPSA) is 66.5 Å². The van der Waals surface area contributed by atoms with Gasteiger partial charge < -0.3 is 5.32 Å². The van der Waals surface area contributed by atoms with Crippen molar-refractivity contribution in [2.24, 2.45) is 0 Å². The Balaban J connectivity index is 1.68. The van der Waals surface area contributed by atoms with Crippen LogP contribution in [0, 0.1) is 5.82 Å². The Kier molecular flexibility index (Phi) is 5.00. The molecule has 5 nitrogen and oxygen atoms in total. The maximum atomic E-state index is 13.6. The van der Waals surface area contributed by atoms with Crippen molar-refractivity contribution in [3.8, 4) is 0 Å². The van der Waals surface area contributed by atoms with Gasteiger partial charge in [0.15, 0.2) is 0 Å². The lowest BCUT2D eigenvalue weighted by Gasteiger charge is -2.21. The number of amides is 1. The Hall–Kier alpha value is -2.41. The van der Waals surface area contributed by atoms with Crippen molar-refractivity contribution in [1.82, 2.24) is 5.32 Å². The van der Waals surface area contributed by atoms with Crippen LogP contribution < -0.4 is 9.62 Å². The smallest absolute Gasteiger partial charge is 0.251 e. The summed E-state index contributed by atoms with van der Waals surface area (Å²) in [5.41, 5.74) is 2.49. The minimum absolute atomic E-state index is 0.167. The number of carbonyl (C=O) groups is 1. The van der Waals surface area contributed by atoms with Crippen LogP contribution in [-0.4, -0.2) is 33.2 Å². The molecule has 3 rings (SSSR count). The summed E-state index contributed by atoms with van der Waals surface area (Å²) in [6.45, 7) is 2.16. The fraction of sp³-hybridized carbons (Fsp3) is 0.316. The minimum Gasteiger partial charge on any atom is -0.352 e. The van der Waals surface area contributed by atoms with E-state index in [2.05, 4.69) is 5.32 Å². The first-order chi connectivity index (χ1) is 12.3. The largest absolute Gasteiger partial charge is 0.352 e. The molecule has 1 heterocycles. The molecule has 0 bridgehead atoms. The molecule has 0 radical (unpaired) electrons. The normalized spacial score (nSPS) is 16.4. The number of rotatable bonds is 5. The maximum Gasteiger partial charge on any atom is 0.251 e. The van der Waals surface area contributed by atoms with E-state index in [-0.39, 0.29) is 17.8 Å². The molecular formula is C19H21FN2O3S. The van der Waals surface area contributed by atoms with E-state index >= 15 is 0 Å². The summed E-state index contributed by atoms with van der Waals surface area (Å²) in [6, 6.07) is 11.3. The van der Waals surface area contributed by atoms with Crippen molar-refractivity contribution in [3.05, 3.63) is 65.0 Å². The Morgan fingerprint density at radius 3 is 2.69 bits per heavy atom. The van der Waals surface area contributed by atoms with E-state index in [4.69, 9.17) is 0 Å². The number of benzene rings is 2. The van der Waals surface area contributed by atoms with E-state index in [9.17, 15) is 17.6 Å². The summed E-state index contributed by atoms with van der Waals surface area (Å²) in [7, 11) is -3.35. The third-order valence-electron chi connectivity index (χ3n) is 4.49. The lowest BCUT2D eigenvalue weighted by Crippen LogP contribution is -2.34. The van der Waals surface area contributed by atoms with Crippen LogP contribution in [-0.2, 0) is 22.9 Å². The number of nitrogens with zero attached hydrogens (tertiary/aromatic N) is 1. The highest BCUT2D eigenvalue weighted by Crippen LogP contribution is 2.34. The van der Waals surface area contributed by atoms with E-state index in [1.807, 2.05) is 6.92 Å². The maximum absolute atomic E-state index is 13.6. The van der Waals surface area contributed by atoms with Gasteiger partial charge in [-0.3, -0.25) is 9.10 Å². The molecule has 1 aliphatic heterocycles. The van der Waals surface area contributed by atoms with Crippen LogP contribution in [0.4, 0.5) is 10.1 Å². The number of hydrogen-bond acceptors (Lipinski definition) is 3. The molecule has 0 spiro atoms. The molecule has 2 aromatic carbocycles. The van der Waals surface area contributed by atoms with Crippen LogP contribution in [0.25, 0.3) is 0 Å². The SMILES string of the molecule is CC1Cc2cc(C(=O)NCCc3ccccc3F)ccc2N1S(C)(=O)=O.